The number of rotatable bonds is 7. The number of imide groups is 2. The fraction of sp³-hybridized carbons (Fsp3) is 0.346. The van der Waals surface area contributed by atoms with E-state index in [2.05, 4.69) is 4.98 Å². The maximum Gasteiger partial charge on any atom is 0.337 e. The Kier molecular flexibility index (Phi) is 5.95. The lowest BCUT2D eigenvalue weighted by Crippen LogP contribution is -2.56. The third-order valence-corrected chi connectivity index (χ3v) is 6.75. The van der Waals surface area contributed by atoms with Gasteiger partial charge >= 0.3 is 6.03 Å². The van der Waals surface area contributed by atoms with Crippen molar-refractivity contribution < 1.29 is 33.1 Å². The highest BCUT2D eigenvalue weighted by atomic mass is 16.5. The van der Waals surface area contributed by atoms with Crippen molar-refractivity contribution in [2.24, 2.45) is 0 Å². The van der Waals surface area contributed by atoms with Crippen LogP contribution in [-0.4, -0.2) is 69.9 Å². The van der Waals surface area contributed by atoms with Gasteiger partial charge in [-0.25, -0.2) is 14.6 Å². The Labute approximate surface area is 212 Å². The number of aromatic nitrogens is 1. The summed E-state index contributed by atoms with van der Waals surface area (Å²) in [6, 6.07) is 9.17. The zero-order valence-electron chi connectivity index (χ0n) is 20.9. The predicted molar refractivity (Wildman–Crippen MR) is 129 cm³/mol. The minimum atomic E-state index is -1.96. The molecule has 3 aromatic rings. The minimum absolute atomic E-state index is 0.0299. The van der Waals surface area contributed by atoms with Crippen molar-refractivity contribution >= 4 is 34.9 Å². The Bertz CT molecular complexity index is 1400. The molecule has 0 aliphatic carbocycles. The molecule has 2 aliphatic heterocycles. The van der Waals surface area contributed by atoms with Crippen LogP contribution < -0.4 is 4.74 Å². The quantitative estimate of drug-likeness (QED) is 0.449. The summed E-state index contributed by atoms with van der Waals surface area (Å²) >= 11 is 0. The molecule has 192 valence electrons. The van der Waals surface area contributed by atoms with Crippen molar-refractivity contribution in [1.29, 1.82) is 0 Å². The van der Waals surface area contributed by atoms with Gasteiger partial charge in [0.1, 0.15) is 23.3 Å². The van der Waals surface area contributed by atoms with Gasteiger partial charge in [-0.1, -0.05) is 6.07 Å². The van der Waals surface area contributed by atoms with Gasteiger partial charge in [0.25, 0.3) is 11.8 Å². The number of methoxy groups -OCH3 is 1. The van der Waals surface area contributed by atoms with E-state index in [0.29, 0.717) is 22.4 Å². The Morgan fingerprint density at radius 3 is 2.68 bits per heavy atom. The monoisotopic (exact) mass is 506 g/mol. The number of amides is 5. The molecule has 2 atom stereocenters. The second-order valence-electron chi connectivity index (χ2n) is 8.91. The van der Waals surface area contributed by atoms with E-state index in [4.69, 9.17) is 13.9 Å². The lowest BCUT2D eigenvalue weighted by molar-refractivity contribution is -0.146. The third-order valence-electron chi connectivity index (χ3n) is 6.75. The predicted octanol–water partition coefficient (Wildman–Crippen LogP) is 2.88. The number of benzene rings is 1. The second kappa shape index (κ2) is 9.00. The zero-order valence-corrected chi connectivity index (χ0v) is 20.9. The molecule has 0 N–H and O–H groups in total. The van der Waals surface area contributed by atoms with E-state index in [1.54, 1.807) is 50.4 Å². The molecule has 1 fully saturated rings. The summed E-state index contributed by atoms with van der Waals surface area (Å²) < 4.78 is 16.9. The van der Waals surface area contributed by atoms with Gasteiger partial charge < -0.3 is 18.8 Å². The summed E-state index contributed by atoms with van der Waals surface area (Å²) in [6.07, 6.45) is 0.614. The summed E-state index contributed by atoms with van der Waals surface area (Å²) in [4.78, 5) is 61.7. The van der Waals surface area contributed by atoms with Crippen LogP contribution >= 0.6 is 0 Å². The van der Waals surface area contributed by atoms with E-state index >= 15 is 0 Å². The molecule has 2 aromatic heterocycles. The number of urea groups is 1. The SMILES string of the molecule is CCOC(C)N1C(=O)N(C(C)=O)[C@@](CN2Cc3ccc(OC)cc3C2=O)(c2cc3ncccc3o2)C1=O. The van der Waals surface area contributed by atoms with Gasteiger partial charge in [-0.2, -0.15) is 0 Å². The van der Waals surface area contributed by atoms with Crippen LogP contribution in [-0.2, 0) is 26.4 Å². The van der Waals surface area contributed by atoms with Crippen LogP contribution in [0.3, 0.4) is 0 Å². The van der Waals surface area contributed by atoms with Crippen LogP contribution in [0.15, 0.2) is 47.0 Å². The first-order valence-electron chi connectivity index (χ1n) is 11.8. The molecule has 1 saturated heterocycles. The lowest BCUT2D eigenvalue weighted by atomic mass is 9.92. The highest BCUT2D eigenvalue weighted by Gasteiger charge is 2.64. The Morgan fingerprint density at radius 2 is 2.00 bits per heavy atom. The van der Waals surface area contributed by atoms with Gasteiger partial charge in [-0.05, 0) is 43.7 Å². The lowest BCUT2D eigenvalue weighted by Gasteiger charge is -2.34. The van der Waals surface area contributed by atoms with Crippen LogP contribution in [0.5, 0.6) is 5.75 Å². The van der Waals surface area contributed by atoms with Crippen LogP contribution in [0, 0.1) is 0 Å². The number of furan rings is 1. The van der Waals surface area contributed by atoms with E-state index in [1.165, 1.54) is 25.0 Å². The van der Waals surface area contributed by atoms with Crippen LogP contribution in [0.2, 0.25) is 0 Å². The van der Waals surface area contributed by atoms with Crippen molar-refractivity contribution in [3.05, 3.63) is 59.5 Å². The molecule has 5 amide bonds. The summed E-state index contributed by atoms with van der Waals surface area (Å²) in [5.74, 6) is -1.22. The normalized spacial score (nSPS) is 20.2. The van der Waals surface area contributed by atoms with Gasteiger partial charge in [-0.3, -0.25) is 19.4 Å². The number of carbonyl (C=O) groups is 4. The molecular formula is C26H26N4O7. The van der Waals surface area contributed by atoms with E-state index in [1.807, 2.05) is 0 Å². The Hall–Kier alpha value is -4.25. The highest BCUT2D eigenvalue weighted by Crippen LogP contribution is 2.43. The summed E-state index contributed by atoms with van der Waals surface area (Å²) in [5.41, 5.74) is 0.0105. The number of nitrogens with zero attached hydrogens (tertiary/aromatic N) is 4. The first kappa shape index (κ1) is 24.4. The average Bonchev–Trinajstić information content (AvgIpc) is 3.50. The number of hydrogen-bond acceptors (Lipinski definition) is 8. The van der Waals surface area contributed by atoms with Crippen molar-refractivity contribution in [3.8, 4) is 5.75 Å². The zero-order chi connectivity index (χ0) is 26.5. The fourth-order valence-corrected chi connectivity index (χ4v) is 5.07. The highest BCUT2D eigenvalue weighted by molar-refractivity contribution is 6.14. The van der Waals surface area contributed by atoms with Crippen molar-refractivity contribution in [2.75, 3.05) is 20.3 Å². The average molecular weight is 507 g/mol. The van der Waals surface area contributed by atoms with Crippen LogP contribution in [0.1, 0.15) is 42.5 Å². The first-order chi connectivity index (χ1) is 17.7. The number of fused-ring (bicyclic) bond motifs is 2. The molecule has 1 unspecified atom stereocenters. The summed E-state index contributed by atoms with van der Waals surface area (Å²) in [5, 5.41) is 0. The van der Waals surface area contributed by atoms with Gasteiger partial charge in [0.15, 0.2) is 5.58 Å². The molecule has 0 radical (unpaired) electrons. The first-order valence-corrected chi connectivity index (χ1v) is 11.8. The standard InChI is InChI=1S/C26H26N4O7/c1-5-36-16(3)29-24(33)26(30(15(2)31)25(29)34,22-12-20-21(37-22)7-6-10-27-20)14-28-13-17-8-9-18(35-4)11-19(17)23(28)32/h6-12,16H,5,13-14H2,1-4H3/t16?,26-/m0/s1. The summed E-state index contributed by atoms with van der Waals surface area (Å²) in [7, 11) is 1.51. The number of pyridine rings is 1. The van der Waals surface area contributed by atoms with Crippen LogP contribution in [0.25, 0.3) is 11.1 Å². The maximum atomic E-state index is 14.2. The third kappa shape index (κ3) is 3.65. The second-order valence-corrected chi connectivity index (χ2v) is 8.91. The minimum Gasteiger partial charge on any atom is -0.497 e. The van der Waals surface area contributed by atoms with E-state index in [9.17, 15) is 19.2 Å². The van der Waals surface area contributed by atoms with Gasteiger partial charge in [-0.15, -0.1) is 0 Å². The van der Waals surface area contributed by atoms with Gasteiger partial charge in [0, 0.05) is 37.9 Å². The van der Waals surface area contributed by atoms with Crippen molar-refractivity contribution in [2.45, 2.75) is 39.1 Å². The van der Waals surface area contributed by atoms with E-state index < -0.39 is 29.6 Å². The Balaban J connectivity index is 1.67. The molecule has 37 heavy (non-hydrogen) atoms. The molecule has 2 aliphatic rings. The molecule has 11 nitrogen and oxygen atoms in total. The van der Waals surface area contributed by atoms with Crippen LogP contribution in [0.4, 0.5) is 4.79 Å². The number of hydrogen-bond donors (Lipinski definition) is 0. The molecule has 0 spiro atoms. The molecule has 0 saturated carbocycles. The van der Waals surface area contributed by atoms with Gasteiger partial charge in [0.2, 0.25) is 11.4 Å². The number of carbonyl (C=O) groups excluding carboxylic acids is 4. The molecule has 5 rings (SSSR count). The topological polar surface area (TPSA) is 122 Å². The van der Waals surface area contributed by atoms with E-state index in [-0.39, 0.29) is 31.4 Å². The molecule has 4 heterocycles. The Morgan fingerprint density at radius 1 is 1.22 bits per heavy atom. The maximum absolute atomic E-state index is 14.2. The van der Waals surface area contributed by atoms with E-state index in [0.717, 1.165) is 15.4 Å². The summed E-state index contributed by atoms with van der Waals surface area (Å²) in [6.45, 7) is 4.57. The van der Waals surface area contributed by atoms with Gasteiger partial charge in [0.05, 0.1) is 13.7 Å². The molecule has 0 bridgehead atoms. The molecule has 11 heteroatoms. The molecule has 1 aromatic carbocycles. The van der Waals surface area contributed by atoms with Crippen molar-refractivity contribution in [1.82, 2.24) is 19.7 Å². The molecular weight excluding hydrogens is 480 g/mol. The smallest absolute Gasteiger partial charge is 0.337 e. The fourth-order valence-electron chi connectivity index (χ4n) is 5.07. The van der Waals surface area contributed by atoms with Crippen molar-refractivity contribution in [3.63, 3.8) is 0 Å². The largest absolute Gasteiger partial charge is 0.497 e. The number of ether oxygens (including phenoxy) is 2.